The number of hydrogen-bond acceptors (Lipinski definition) is 3. The number of rotatable bonds is 7. The average molecular weight is 319 g/mol. The van der Waals surface area contributed by atoms with Crippen LogP contribution in [0.25, 0.3) is 0 Å². The van der Waals surface area contributed by atoms with Gasteiger partial charge in [-0.15, -0.1) is 0 Å². The van der Waals surface area contributed by atoms with Crippen LogP contribution < -0.4 is 10.6 Å². The van der Waals surface area contributed by atoms with E-state index in [4.69, 9.17) is 0 Å². The maximum atomic E-state index is 11.6. The van der Waals surface area contributed by atoms with Crippen LogP contribution in [0.15, 0.2) is 29.3 Å². The van der Waals surface area contributed by atoms with Crippen LogP contribution in [0, 0.1) is 0 Å². The normalized spacial score (nSPS) is 11.5. The number of nitrogens with zero attached hydrogens (tertiary/aromatic N) is 3. The Morgan fingerprint density at radius 2 is 1.83 bits per heavy atom. The van der Waals surface area contributed by atoms with E-state index in [-0.39, 0.29) is 12.5 Å². The van der Waals surface area contributed by atoms with Crippen molar-refractivity contribution in [3.05, 3.63) is 35.4 Å². The van der Waals surface area contributed by atoms with Crippen molar-refractivity contribution in [1.29, 1.82) is 0 Å². The highest BCUT2D eigenvalue weighted by Crippen LogP contribution is 2.08. The van der Waals surface area contributed by atoms with Crippen LogP contribution in [-0.4, -0.2) is 62.9 Å². The molecule has 1 amide bonds. The lowest BCUT2D eigenvalue weighted by atomic mass is 10.1. The van der Waals surface area contributed by atoms with Crippen molar-refractivity contribution in [2.45, 2.75) is 20.0 Å². The van der Waals surface area contributed by atoms with E-state index >= 15 is 0 Å². The fourth-order valence-electron chi connectivity index (χ4n) is 2.02. The Balaban J connectivity index is 2.67. The first-order valence-electron chi connectivity index (χ1n) is 7.87. The van der Waals surface area contributed by atoms with Crippen LogP contribution in [0.2, 0.25) is 0 Å². The number of aliphatic imine (C=N–C) groups is 1. The van der Waals surface area contributed by atoms with E-state index < -0.39 is 0 Å². The van der Waals surface area contributed by atoms with Gasteiger partial charge in [-0.25, -0.2) is 4.99 Å². The molecule has 0 bridgehead atoms. The lowest BCUT2D eigenvalue weighted by Crippen LogP contribution is -2.42. The SMILES string of the molecule is CCNC(=NCc1cccc(CN(C)C)c1)NCC(=O)N(C)C. The molecule has 0 heterocycles. The minimum atomic E-state index is 0.0172. The number of guanidine groups is 1. The number of amides is 1. The molecule has 0 radical (unpaired) electrons. The largest absolute Gasteiger partial charge is 0.357 e. The van der Waals surface area contributed by atoms with Crippen molar-refractivity contribution in [2.75, 3.05) is 41.3 Å². The first kappa shape index (κ1) is 19.0. The molecule has 0 fully saturated rings. The van der Waals surface area contributed by atoms with Gasteiger partial charge in [-0.3, -0.25) is 4.79 Å². The summed E-state index contributed by atoms with van der Waals surface area (Å²) < 4.78 is 0. The minimum Gasteiger partial charge on any atom is -0.357 e. The molecular weight excluding hydrogens is 290 g/mol. The summed E-state index contributed by atoms with van der Waals surface area (Å²) in [6, 6.07) is 8.40. The summed E-state index contributed by atoms with van der Waals surface area (Å²) in [5.41, 5.74) is 2.42. The molecular formula is C17H29N5O. The lowest BCUT2D eigenvalue weighted by Gasteiger charge is -2.14. The van der Waals surface area contributed by atoms with Crippen molar-refractivity contribution in [1.82, 2.24) is 20.4 Å². The smallest absolute Gasteiger partial charge is 0.241 e. The number of benzene rings is 1. The molecule has 1 aromatic carbocycles. The third-order valence-electron chi connectivity index (χ3n) is 3.16. The van der Waals surface area contributed by atoms with E-state index in [1.54, 1.807) is 19.0 Å². The molecule has 0 saturated heterocycles. The van der Waals surface area contributed by atoms with Crippen LogP contribution in [0.4, 0.5) is 0 Å². The van der Waals surface area contributed by atoms with E-state index in [0.717, 1.165) is 18.7 Å². The van der Waals surface area contributed by atoms with Gasteiger partial charge >= 0.3 is 0 Å². The molecule has 6 nitrogen and oxygen atoms in total. The maximum absolute atomic E-state index is 11.6. The van der Waals surface area contributed by atoms with Crippen LogP contribution in [0.1, 0.15) is 18.1 Å². The Kier molecular flexibility index (Phi) is 8.11. The molecule has 0 aromatic heterocycles. The highest BCUT2D eigenvalue weighted by Gasteiger charge is 2.05. The molecule has 6 heteroatoms. The molecule has 0 spiro atoms. The standard InChI is InChI=1S/C17H29N5O/c1-6-18-17(20-12-16(23)22(4)5)19-11-14-8-7-9-15(10-14)13-21(2)3/h7-10H,6,11-13H2,1-5H3,(H2,18,19,20). The number of likely N-dealkylation sites (N-methyl/N-ethyl adjacent to an activating group) is 1. The summed E-state index contributed by atoms with van der Waals surface area (Å²) >= 11 is 0. The second-order valence-electron chi connectivity index (χ2n) is 5.89. The Morgan fingerprint density at radius 3 is 2.43 bits per heavy atom. The first-order chi connectivity index (χ1) is 10.9. The van der Waals surface area contributed by atoms with Gasteiger partial charge in [0.15, 0.2) is 5.96 Å². The van der Waals surface area contributed by atoms with Crippen molar-refractivity contribution in [3.8, 4) is 0 Å². The van der Waals surface area contributed by atoms with Crippen molar-refractivity contribution in [3.63, 3.8) is 0 Å². The van der Waals surface area contributed by atoms with Crippen molar-refractivity contribution in [2.24, 2.45) is 4.99 Å². The molecule has 0 aliphatic carbocycles. The van der Waals surface area contributed by atoms with Gasteiger partial charge in [0.25, 0.3) is 0 Å². The number of carbonyl (C=O) groups excluding carboxylic acids is 1. The first-order valence-corrected chi connectivity index (χ1v) is 7.87. The second kappa shape index (κ2) is 9.84. The quantitative estimate of drug-likeness (QED) is 0.579. The summed E-state index contributed by atoms with van der Waals surface area (Å²) in [5, 5.41) is 6.21. The van der Waals surface area contributed by atoms with E-state index in [1.807, 2.05) is 6.92 Å². The van der Waals surface area contributed by atoms with E-state index in [1.165, 1.54) is 5.56 Å². The van der Waals surface area contributed by atoms with Crippen molar-refractivity contribution < 1.29 is 4.79 Å². The maximum Gasteiger partial charge on any atom is 0.241 e. The van der Waals surface area contributed by atoms with Crippen LogP contribution in [-0.2, 0) is 17.9 Å². The molecule has 128 valence electrons. The molecule has 1 rings (SSSR count). The third-order valence-corrected chi connectivity index (χ3v) is 3.16. The van der Waals surface area contributed by atoms with Crippen LogP contribution >= 0.6 is 0 Å². The molecule has 0 atom stereocenters. The Labute approximate surface area is 139 Å². The average Bonchev–Trinajstić information content (AvgIpc) is 2.49. The van der Waals surface area contributed by atoms with Crippen LogP contribution in [0.5, 0.6) is 0 Å². The summed E-state index contributed by atoms with van der Waals surface area (Å²) in [4.78, 5) is 19.9. The lowest BCUT2D eigenvalue weighted by molar-refractivity contribution is -0.127. The number of carbonyl (C=O) groups is 1. The zero-order valence-electron chi connectivity index (χ0n) is 14.9. The topological polar surface area (TPSA) is 60.0 Å². The number of hydrogen-bond donors (Lipinski definition) is 2. The molecule has 0 aliphatic rings. The molecule has 1 aromatic rings. The highest BCUT2D eigenvalue weighted by atomic mass is 16.2. The molecule has 0 saturated carbocycles. The molecule has 0 aliphatic heterocycles. The van der Waals surface area contributed by atoms with Gasteiger partial charge in [-0.05, 0) is 32.1 Å². The van der Waals surface area contributed by atoms with Gasteiger partial charge in [-0.1, -0.05) is 24.3 Å². The van der Waals surface area contributed by atoms with Gasteiger partial charge < -0.3 is 20.4 Å². The van der Waals surface area contributed by atoms with E-state index in [2.05, 4.69) is 58.9 Å². The summed E-state index contributed by atoms with van der Waals surface area (Å²) in [6.07, 6.45) is 0. The van der Waals surface area contributed by atoms with Gasteiger partial charge in [0.1, 0.15) is 0 Å². The zero-order chi connectivity index (χ0) is 17.2. The monoisotopic (exact) mass is 319 g/mol. The molecule has 23 heavy (non-hydrogen) atoms. The third kappa shape index (κ3) is 7.65. The Morgan fingerprint density at radius 1 is 1.13 bits per heavy atom. The summed E-state index contributed by atoms with van der Waals surface area (Å²) in [6.45, 7) is 4.48. The van der Waals surface area contributed by atoms with Gasteiger partial charge in [0.05, 0.1) is 13.1 Å². The fourth-order valence-corrected chi connectivity index (χ4v) is 2.02. The molecule has 2 N–H and O–H groups in total. The van der Waals surface area contributed by atoms with Gasteiger partial charge in [0, 0.05) is 27.2 Å². The van der Waals surface area contributed by atoms with Gasteiger partial charge in [-0.2, -0.15) is 0 Å². The minimum absolute atomic E-state index is 0.0172. The van der Waals surface area contributed by atoms with Crippen molar-refractivity contribution >= 4 is 11.9 Å². The number of nitrogens with one attached hydrogen (secondary N) is 2. The highest BCUT2D eigenvalue weighted by molar-refractivity contribution is 5.86. The summed E-state index contributed by atoms with van der Waals surface area (Å²) in [7, 11) is 7.59. The van der Waals surface area contributed by atoms with Crippen LogP contribution in [0.3, 0.4) is 0 Å². The Bertz CT molecular complexity index is 525. The van der Waals surface area contributed by atoms with E-state index in [0.29, 0.717) is 12.5 Å². The zero-order valence-corrected chi connectivity index (χ0v) is 14.9. The molecule has 0 unspecified atom stereocenters. The predicted molar refractivity (Wildman–Crippen MR) is 95.3 cm³/mol. The fraction of sp³-hybridized carbons (Fsp3) is 0.529. The second-order valence-corrected chi connectivity index (χ2v) is 5.89. The predicted octanol–water partition coefficient (Wildman–Crippen LogP) is 0.892. The van der Waals surface area contributed by atoms with Gasteiger partial charge in [0.2, 0.25) is 5.91 Å². The van der Waals surface area contributed by atoms with E-state index in [9.17, 15) is 4.79 Å². The Hall–Kier alpha value is -2.08. The summed E-state index contributed by atoms with van der Waals surface area (Å²) in [5.74, 6) is 0.671.